The number of amides is 2. The van der Waals surface area contributed by atoms with Crippen molar-refractivity contribution in [1.29, 1.82) is 0 Å². The number of halogens is 1. The number of carbonyl (C=O) groups is 2. The van der Waals surface area contributed by atoms with E-state index in [9.17, 15) is 14.0 Å². The highest BCUT2D eigenvalue weighted by Gasteiger charge is 2.35. The SMILES string of the molecule is O=C(NCc1cccc(F)c1)C1CCC(c2ccccc2)N(C(=O)Cc2cccs2)C1. The number of likely N-dealkylation sites (tertiary alicyclic amines) is 1. The molecule has 2 heterocycles. The number of carbonyl (C=O) groups excluding carboxylic acids is 2. The minimum Gasteiger partial charge on any atom is -0.352 e. The molecule has 0 aliphatic carbocycles. The summed E-state index contributed by atoms with van der Waals surface area (Å²) < 4.78 is 13.4. The smallest absolute Gasteiger partial charge is 0.228 e. The lowest BCUT2D eigenvalue weighted by atomic mass is 9.88. The number of rotatable bonds is 6. The summed E-state index contributed by atoms with van der Waals surface area (Å²) in [4.78, 5) is 28.9. The molecular formula is C25H25FN2O2S. The lowest BCUT2D eigenvalue weighted by Gasteiger charge is -2.39. The number of benzene rings is 2. The Morgan fingerprint density at radius 3 is 2.61 bits per heavy atom. The summed E-state index contributed by atoms with van der Waals surface area (Å²) in [5, 5.41) is 4.88. The van der Waals surface area contributed by atoms with Gasteiger partial charge < -0.3 is 10.2 Å². The summed E-state index contributed by atoms with van der Waals surface area (Å²) in [7, 11) is 0. The zero-order valence-corrected chi connectivity index (χ0v) is 18.0. The minimum atomic E-state index is -0.319. The van der Waals surface area contributed by atoms with Crippen LogP contribution in [0.4, 0.5) is 4.39 Å². The third-order valence-electron chi connectivity index (χ3n) is 5.72. The van der Waals surface area contributed by atoms with Gasteiger partial charge in [0.1, 0.15) is 5.82 Å². The van der Waals surface area contributed by atoms with Crippen molar-refractivity contribution in [2.24, 2.45) is 5.92 Å². The average molecular weight is 437 g/mol. The van der Waals surface area contributed by atoms with Crippen LogP contribution in [0, 0.1) is 11.7 Å². The van der Waals surface area contributed by atoms with Crippen molar-refractivity contribution >= 4 is 23.2 Å². The van der Waals surface area contributed by atoms with Crippen molar-refractivity contribution in [3.8, 4) is 0 Å². The molecule has 0 bridgehead atoms. The van der Waals surface area contributed by atoms with Gasteiger partial charge in [0.15, 0.2) is 0 Å². The summed E-state index contributed by atoms with van der Waals surface area (Å²) in [6.45, 7) is 0.664. The third kappa shape index (κ3) is 5.39. The molecular weight excluding hydrogens is 411 g/mol. The van der Waals surface area contributed by atoms with E-state index in [2.05, 4.69) is 5.32 Å². The van der Waals surface area contributed by atoms with E-state index in [1.165, 1.54) is 12.1 Å². The fourth-order valence-electron chi connectivity index (χ4n) is 4.13. The van der Waals surface area contributed by atoms with Crippen molar-refractivity contribution in [2.45, 2.75) is 31.8 Å². The van der Waals surface area contributed by atoms with Crippen LogP contribution in [-0.2, 0) is 22.6 Å². The molecule has 1 aromatic heterocycles. The van der Waals surface area contributed by atoms with Crippen LogP contribution in [0.5, 0.6) is 0 Å². The summed E-state index contributed by atoms with van der Waals surface area (Å²) >= 11 is 1.57. The molecule has 1 fully saturated rings. The topological polar surface area (TPSA) is 49.4 Å². The van der Waals surface area contributed by atoms with Gasteiger partial charge in [-0.05, 0) is 47.5 Å². The molecule has 2 amide bonds. The summed E-state index contributed by atoms with van der Waals surface area (Å²) in [6.07, 6.45) is 1.79. The van der Waals surface area contributed by atoms with Crippen molar-refractivity contribution in [2.75, 3.05) is 6.54 Å². The third-order valence-corrected chi connectivity index (χ3v) is 6.60. The number of hydrogen-bond donors (Lipinski definition) is 1. The Labute approximate surface area is 185 Å². The molecule has 0 saturated carbocycles. The van der Waals surface area contributed by atoms with Gasteiger partial charge in [-0.25, -0.2) is 4.39 Å². The van der Waals surface area contributed by atoms with Crippen LogP contribution in [0.25, 0.3) is 0 Å². The molecule has 4 nitrogen and oxygen atoms in total. The van der Waals surface area contributed by atoms with Gasteiger partial charge in [0.25, 0.3) is 0 Å². The number of nitrogens with one attached hydrogen (secondary N) is 1. The first-order chi connectivity index (χ1) is 15.1. The molecule has 3 aromatic rings. The van der Waals surface area contributed by atoms with Crippen LogP contribution in [0.1, 0.15) is 34.9 Å². The Hall–Kier alpha value is -2.99. The van der Waals surface area contributed by atoms with E-state index in [1.807, 2.05) is 52.7 Å². The second kappa shape index (κ2) is 9.88. The predicted molar refractivity (Wildman–Crippen MR) is 120 cm³/mol. The molecule has 1 aliphatic heterocycles. The number of hydrogen-bond acceptors (Lipinski definition) is 3. The van der Waals surface area contributed by atoms with Crippen LogP contribution in [-0.4, -0.2) is 23.3 Å². The number of nitrogens with zero attached hydrogens (tertiary/aromatic N) is 1. The zero-order valence-electron chi connectivity index (χ0n) is 17.2. The number of thiophene rings is 1. The highest BCUT2D eigenvalue weighted by molar-refractivity contribution is 7.10. The Kier molecular flexibility index (Phi) is 6.77. The van der Waals surface area contributed by atoms with Crippen LogP contribution < -0.4 is 5.32 Å². The predicted octanol–water partition coefficient (Wildman–Crippen LogP) is 4.73. The van der Waals surface area contributed by atoms with Crippen molar-refractivity contribution in [3.05, 3.63) is 93.9 Å². The Morgan fingerprint density at radius 1 is 1.03 bits per heavy atom. The van der Waals surface area contributed by atoms with Crippen molar-refractivity contribution in [3.63, 3.8) is 0 Å². The maximum atomic E-state index is 13.4. The van der Waals surface area contributed by atoms with Crippen molar-refractivity contribution < 1.29 is 14.0 Å². The molecule has 0 radical (unpaired) electrons. The molecule has 6 heteroatoms. The van der Waals surface area contributed by atoms with Gasteiger partial charge in [-0.2, -0.15) is 0 Å². The first-order valence-corrected chi connectivity index (χ1v) is 11.4. The molecule has 4 rings (SSSR count). The van der Waals surface area contributed by atoms with Crippen LogP contribution in [0.2, 0.25) is 0 Å². The molecule has 0 spiro atoms. The van der Waals surface area contributed by atoms with Crippen LogP contribution >= 0.6 is 11.3 Å². The van der Waals surface area contributed by atoms with Gasteiger partial charge in [0, 0.05) is 18.0 Å². The maximum Gasteiger partial charge on any atom is 0.228 e. The Bertz CT molecular complexity index is 1020. The van der Waals surface area contributed by atoms with E-state index in [0.717, 1.165) is 22.4 Å². The van der Waals surface area contributed by atoms with Crippen molar-refractivity contribution in [1.82, 2.24) is 10.2 Å². The first-order valence-electron chi connectivity index (χ1n) is 10.5. The Balaban J connectivity index is 1.46. The largest absolute Gasteiger partial charge is 0.352 e. The fraction of sp³-hybridized carbons (Fsp3) is 0.280. The van der Waals surface area contributed by atoms with Crippen LogP contribution in [0.3, 0.4) is 0 Å². The number of piperidine rings is 1. The lowest BCUT2D eigenvalue weighted by Crippen LogP contribution is -2.47. The van der Waals surface area contributed by atoms with Gasteiger partial charge >= 0.3 is 0 Å². The molecule has 2 atom stereocenters. The second-order valence-electron chi connectivity index (χ2n) is 7.85. The lowest BCUT2D eigenvalue weighted by molar-refractivity contribution is -0.138. The molecule has 2 unspecified atom stereocenters. The van der Waals surface area contributed by atoms with Gasteiger partial charge in [-0.15, -0.1) is 11.3 Å². The van der Waals surface area contributed by atoms with Crippen LogP contribution in [0.15, 0.2) is 72.1 Å². The van der Waals surface area contributed by atoms with E-state index in [4.69, 9.17) is 0 Å². The average Bonchev–Trinajstić information content (AvgIpc) is 3.31. The zero-order chi connectivity index (χ0) is 21.6. The van der Waals surface area contributed by atoms with E-state index >= 15 is 0 Å². The van der Waals surface area contributed by atoms with E-state index in [-0.39, 0.29) is 36.1 Å². The first kappa shape index (κ1) is 21.2. The quantitative estimate of drug-likeness (QED) is 0.608. The molecule has 1 saturated heterocycles. The normalized spacial score (nSPS) is 18.5. The standard InChI is InChI=1S/C25H25FN2O2S/c26-21-9-4-6-18(14-21)16-27-25(30)20-11-12-23(19-7-2-1-3-8-19)28(17-20)24(29)15-22-10-5-13-31-22/h1-10,13-14,20,23H,11-12,15-17H2,(H,27,30). The van der Waals surface area contributed by atoms with Gasteiger partial charge in [-0.1, -0.05) is 48.5 Å². The Morgan fingerprint density at radius 2 is 1.87 bits per heavy atom. The highest BCUT2D eigenvalue weighted by atomic mass is 32.1. The maximum absolute atomic E-state index is 13.4. The van der Waals surface area contributed by atoms with E-state index < -0.39 is 0 Å². The molecule has 1 aliphatic rings. The fourth-order valence-corrected chi connectivity index (χ4v) is 4.82. The monoisotopic (exact) mass is 436 g/mol. The second-order valence-corrected chi connectivity index (χ2v) is 8.88. The van der Waals surface area contributed by atoms with Gasteiger partial charge in [0.05, 0.1) is 18.4 Å². The van der Waals surface area contributed by atoms with E-state index in [0.29, 0.717) is 19.4 Å². The summed E-state index contributed by atoms with van der Waals surface area (Å²) in [5.74, 6) is -0.648. The molecule has 1 N–H and O–H groups in total. The highest BCUT2D eigenvalue weighted by Crippen LogP contribution is 2.34. The minimum absolute atomic E-state index is 0.0269. The molecule has 31 heavy (non-hydrogen) atoms. The van der Waals surface area contributed by atoms with E-state index in [1.54, 1.807) is 23.5 Å². The summed E-state index contributed by atoms with van der Waals surface area (Å²) in [6, 6.07) is 20.1. The van der Waals surface area contributed by atoms with Gasteiger partial charge in [-0.3, -0.25) is 9.59 Å². The molecule has 2 aromatic carbocycles. The summed E-state index contributed by atoms with van der Waals surface area (Å²) in [5.41, 5.74) is 1.82. The molecule has 160 valence electrons. The van der Waals surface area contributed by atoms with Gasteiger partial charge in [0.2, 0.25) is 11.8 Å².